The third-order valence-corrected chi connectivity index (χ3v) is 4.11. The number of likely N-dealkylation sites (N-methyl/N-ethyl adjacent to an activating group) is 1. The molecule has 0 aliphatic heterocycles. The molecular weight excluding hydrogens is 312 g/mol. The van der Waals surface area contributed by atoms with Gasteiger partial charge < -0.3 is 10.6 Å². The summed E-state index contributed by atoms with van der Waals surface area (Å²) in [5.74, 6) is 0.0178. The van der Waals surface area contributed by atoms with Gasteiger partial charge in [-0.25, -0.2) is 0 Å². The molecule has 0 aliphatic rings. The topological polar surface area (TPSA) is 46.3 Å². The Hall–Kier alpha value is -0.1000. The predicted molar refractivity (Wildman–Crippen MR) is 74.6 cm³/mol. The molecule has 0 bridgehead atoms. The van der Waals surface area contributed by atoms with Gasteiger partial charge in [0.05, 0.1) is 9.35 Å². The maximum atomic E-state index is 12.0. The lowest BCUT2D eigenvalue weighted by molar-refractivity contribution is 0.0748. The molecule has 1 amide bonds. The lowest BCUT2D eigenvalue weighted by Crippen LogP contribution is -2.39. The van der Waals surface area contributed by atoms with E-state index in [0.717, 1.165) is 14.2 Å². The van der Waals surface area contributed by atoms with Crippen molar-refractivity contribution < 1.29 is 4.79 Å². The fourth-order valence-corrected chi connectivity index (χ4v) is 2.95. The van der Waals surface area contributed by atoms with Gasteiger partial charge in [-0.15, -0.1) is 23.7 Å². The van der Waals surface area contributed by atoms with Gasteiger partial charge in [0.2, 0.25) is 0 Å². The van der Waals surface area contributed by atoms with E-state index in [4.69, 9.17) is 5.73 Å². The Balaban J connectivity index is 0.00000225. The minimum Gasteiger partial charge on any atom is -0.338 e. The normalized spacial score (nSPS) is 11.8. The summed E-state index contributed by atoms with van der Waals surface area (Å²) in [7, 11) is 1.78. The van der Waals surface area contributed by atoms with Gasteiger partial charge >= 0.3 is 0 Å². The molecule has 0 aromatic carbocycles. The highest BCUT2D eigenvalue weighted by Gasteiger charge is 2.20. The zero-order valence-electron chi connectivity index (χ0n) is 9.49. The van der Waals surface area contributed by atoms with Crippen LogP contribution in [0.1, 0.15) is 22.2 Å². The quantitative estimate of drug-likeness (QED) is 0.927. The van der Waals surface area contributed by atoms with Gasteiger partial charge in [0.1, 0.15) is 0 Å². The largest absolute Gasteiger partial charge is 0.338 e. The van der Waals surface area contributed by atoms with Crippen molar-refractivity contribution in [3.05, 3.63) is 20.3 Å². The Morgan fingerprint density at radius 1 is 1.69 bits per heavy atom. The zero-order valence-corrected chi connectivity index (χ0v) is 12.7. The van der Waals surface area contributed by atoms with Crippen molar-refractivity contribution >= 4 is 45.6 Å². The molecule has 1 aromatic rings. The molecular formula is C10H16BrClN2OS. The summed E-state index contributed by atoms with van der Waals surface area (Å²) in [6.45, 7) is 4.40. The molecule has 92 valence electrons. The first-order chi connectivity index (χ1) is 6.97. The summed E-state index contributed by atoms with van der Waals surface area (Å²) in [6.07, 6.45) is 0. The summed E-state index contributed by atoms with van der Waals surface area (Å²) in [6, 6.07) is 1.96. The molecule has 1 unspecified atom stereocenters. The van der Waals surface area contributed by atoms with Crippen molar-refractivity contribution in [1.82, 2.24) is 4.90 Å². The van der Waals surface area contributed by atoms with Crippen LogP contribution in [0, 0.1) is 6.92 Å². The van der Waals surface area contributed by atoms with Crippen LogP contribution in [0.3, 0.4) is 0 Å². The monoisotopic (exact) mass is 326 g/mol. The summed E-state index contributed by atoms with van der Waals surface area (Å²) < 4.78 is 0.890. The van der Waals surface area contributed by atoms with Crippen LogP contribution in [0.5, 0.6) is 0 Å². The molecule has 16 heavy (non-hydrogen) atoms. The first-order valence-electron chi connectivity index (χ1n) is 4.70. The number of hydrogen-bond donors (Lipinski definition) is 1. The predicted octanol–water partition coefficient (Wildman–Crippen LogP) is 2.66. The maximum absolute atomic E-state index is 12.0. The molecule has 1 rings (SSSR count). The van der Waals surface area contributed by atoms with Crippen LogP contribution in [0.4, 0.5) is 0 Å². The van der Waals surface area contributed by atoms with Crippen molar-refractivity contribution in [3.8, 4) is 0 Å². The summed E-state index contributed by atoms with van der Waals surface area (Å²) in [5.41, 5.74) is 6.25. The van der Waals surface area contributed by atoms with Crippen LogP contribution in [-0.4, -0.2) is 30.4 Å². The van der Waals surface area contributed by atoms with E-state index in [2.05, 4.69) is 15.9 Å². The third-order valence-electron chi connectivity index (χ3n) is 2.36. The number of hydrogen-bond acceptors (Lipinski definition) is 3. The van der Waals surface area contributed by atoms with E-state index < -0.39 is 0 Å². The Kier molecular flexibility index (Phi) is 6.55. The number of rotatable bonds is 3. The number of aryl methyl sites for hydroxylation is 1. The summed E-state index contributed by atoms with van der Waals surface area (Å²) in [5, 5.41) is 0. The van der Waals surface area contributed by atoms with Gasteiger partial charge in [0.25, 0.3) is 5.91 Å². The van der Waals surface area contributed by atoms with Crippen LogP contribution >= 0.6 is 39.7 Å². The molecule has 0 spiro atoms. The standard InChI is InChI=1S/C10H15BrN2OS.ClH/c1-6(5-12)13(3)10(14)8-4-7(2)15-9(8)11;/h4,6H,5,12H2,1-3H3;1H. The maximum Gasteiger partial charge on any atom is 0.255 e. The molecule has 1 heterocycles. The van der Waals surface area contributed by atoms with Crippen molar-refractivity contribution in [2.24, 2.45) is 5.73 Å². The smallest absolute Gasteiger partial charge is 0.255 e. The first kappa shape index (κ1) is 15.9. The van der Waals surface area contributed by atoms with Gasteiger partial charge in [-0.05, 0) is 35.8 Å². The molecule has 1 atom stereocenters. The fraction of sp³-hybridized carbons (Fsp3) is 0.500. The molecule has 6 heteroatoms. The fourth-order valence-electron chi connectivity index (χ4n) is 1.18. The molecule has 3 nitrogen and oxygen atoms in total. The van der Waals surface area contributed by atoms with Crippen molar-refractivity contribution in [2.75, 3.05) is 13.6 Å². The number of carbonyl (C=O) groups is 1. The van der Waals surface area contributed by atoms with Gasteiger partial charge in [0, 0.05) is 24.5 Å². The lowest BCUT2D eigenvalue weighted by Gasteiger charge is -2.23. The average molecular weight is 328 g/mol. The van der Waals surface area contributed by atoms with E-state index in [0.29, 0.717) is 6.54 Å². The number of nitrogens with zero attached hydrogens (tertiary/aromatic N) is 1. The molecule has 0 aliphatic carbocycles. The van der Waals surface area contributed by atoms with Gasteiger partial charge in [-0.3, -0.25) is 4.79 Å². The molecule has 1 aromatic heterocycles. The van der Waals surface area contributed by atoms with E-state index in [9.17, 15) is 4.79 Å². The molecule has 0 saturated carbocycles. The number of nitrogens with two attached hydrogens (primary N) is 1. The number of halogens is 2. The summed E-state index contributed by atoms with van der Waals surface area (Å²) in [4.78, 5) is 14.8. The first-order valence-corrected chi connectivity index (χ1v) is 6.31. The minimum absolute atomic E-state index is 0. The molecule has 0 radical (unpaired) electrons. The van der Waals surface area contributed by atoms with Crippen molar-refractivity contribution in [2.45, 2.75) is 19.9 Å². The Morgan fingerprint density at radius 3 is 2.62 bits per heavy atom. The third kappa shape index (κ3) is 3.45. The second-order valence-corrected chi connectivity index (χ2v) is 6.12. The van der Waals surface area contributed by atoms with Crippen LogP contribution in [0.15, 0.2) is 9.85 Å². The van der Waals surface area contributed by atoms with Crippen molar-refractivity contribution in [3.63, 3.8) is 0 Å². The number of carbonyl (C=O) groups excluding carboxylic acids is 1. The van der Waals surface area contributed by atoms with Crippen LogP contribution in [0.25, 0.3) is 0 Å². The Labute approximate surface area is 115 Å². The van der Waals surface area contributed by atoms with E-state index in [-0.39, 0.29) is 24.4 Å². The zero-order chi connectivity index (χ0) is 11.6. The van der Waals surface area contributed by atoms with Crippen molar-refractivity contribution in [1.29, 1.82) is 0 Å². The van der Waals surface area contributed by atoms with Crippen LogP contribution in [-0.2, 0) is 0 Å². The SMILES string of the molecule is Cc1cc(C(=O)N(C)C(C)CN)c(Br)s1.Cl. The van der Waals surface area contributed by atoms with Gasteiger partial charge in [0.15, 0.2) is 0 Å². The van der Waals surface area contributed by atoms with Crippen LogP contribution in [0.2, 0.25) is 0 Å². The van der Waals surface area contributed by atoms with Gasteiger partial charge in [-0.2, -0.15) is 0 Å². The van der Waals surface area contributed by atoms with E-state index in [1.807, 2.05) is 19.9 Å². The molecule has 0 saturated heterocycles. The number of thiophene rings is 1. The van der Waals surface area contributed by atoms with E-state index in [1.165, 1.54) is 0 Å². The minimum atomic E-state index is 0. The Bertz CT molecular complexity index is 370. The second kappa shape index (κ2) is 6.59. The lowest BCUT2D eigenvalue weighted by atomic mass is 10.2. The average Bonchev–Trinajstić information content (AvgIpc) is 2.54. The highest BCUT2D eigenvalue weighted by Crippen LogP contribution is 2.28. The van der Waals surface area contributed by atoms with Crippen LogP contribution < -0.4 is 5.73 Å². The summed E-state index contributed by atoms with van der Waals surface area (Å²) >= 11 is 4.97. The van der Waals surface area contributed by atoms with E-state index in [1.54, 1.807) is 23.3 Å². The Morgan fingerprint density at radius 2 is 2.25 bits per heavy atom. The molecule has 0 fully saturated rings. The van der Waals surface area contributed by atoms with E-state index >= 15 is 0 Å². The molecule has 2 N–H and O–H groups in total. The highest BCUT2D eigenvalue weighted by atomic mass is 79.9. The second-order valence-electron chi connectivity index (χ2n) is 3.55. The van der Waals surface area contributed by atoms with Gasteiger partial charge in [-0.1, -0.05) is 0 Å². The number of amides is 1. The highest BCUT2D eigenvalue weighted by molar-refractivity contribution is 9.11.